The number of thiazole rings is 1. The molecule has 20 heavy (non-hydrogen) atoms. The highest BCUT2D eigenvalue weighted by atomic mass is 32.1. The van der Waals surface area contributed by atoms with Crippen molar-refractivity contribution in [2.45, 2.75) is 13.2 Å². The zero-order valence-corrected chi connectivity index (χ0v) is 11.0. The fourth-order valence-electron chi connectivity index (χ4n) is 1.45. The van der Waals surface area contributed by atoms with E-state index < -0.39 is 12.5 Å². The Morgan fingerprint density at radius 1 is 1.50 bits per heavy atom. The van der Waals surface area contributed by atoms with Crippen LogP contribution in [-0.4, -0.2) is 17.5 Å². The Morgan fingerprint density at radius 2 is 2.30 bits per heavy atom. The summed E-state index contributed by atoms with van der Waals surface area (Å²) in [6.07, 6.45) is 0. The van der Waals surface area contributed by atoms with Crippen molar-refractivity contribution in [2.24, 2.45) is 5.73 Å². The van der Waals surface area contributed by atoms with Crippen LogP contribution in [0.5, 0.6) is 5.75 Å². The number of amides is 1. The van der Waals surface area contributed by atoms with Gasteiger partial charge in [-0.25, -0.2) is 4.98 Å². The highest BCUT2D eigenvalue weighted by Gasteiger charge is 2.11. The number of benzene rings is 1. The van der Waals surface area contributed by atoms with E-state index in [1.54, 1.807) is 11.4 Å². The number of hydrogen-bond donors (Lipinski definition) is 2. The summed E-state index contributed by atoms with van der Waals surface area (Å²) in [4.78, 5) is 15.9. The highest BCUT2D eigenvalue weighted by molar-refractivity contribution is 7.09. The van der Waals surface area contributed by atoms with Gasteiger partial charge in [0.2, 0.25) is 0 Å². The summed E-state index contributed by atoms with van der Waals surface area (Å²) < 4.78 is 28.4. The van der Waals surface area contributed by atoms with Gasteiger partial charge >= 0.3 is 6.61 Å². The molecule has 0 saturated carbocycles. The molecule has 0 aliphatic carbocycles. The van der Waals surface area contributed by atoms with Gasteiger partial charge in [-0.3, -0.25) is 4.79 Å². The Bertz CT molecular complexity index is 604. The number of carbonyl (C=O) groups excluding carboxylic acids is 1. The number of rotatable bonds is 5. The van der Waals surface area contributed by atoms with Crippen LogP contribution in [0.25, 0.3) is 0 Å². The van der Waals surface area contributed by atoms with Crippen molar-refractivity contribution >= 4 is 22.9 Å². The first kappa shape index (κ1) is 14.4. The van der Waals surface area contributed by atoms with E-state index in [0.29, 0.717) is 10.7 Å². The molecule has 0 bridgehead atoms. The maximum absolute atomic E-state index is 12.1. The molecule has 0 spiro atoms. The van der Waals surface area contributed by atoms with Gasteiger partial charge in [0.25, 0.3) is 5.91 Å². The average molecular weight is 299 g/mol. The van der Waals surface area contributed by atoms with Crippen molar-refractivity contribution in [1.29, 1.82) is 0 Å². The van der Waals surface area contributed by atoms with Crippen LogP contribution in [-0.2, 0) is 6.54 Å². The first-order valence-corrected chi connectivity index (χ1v) is 6.47. The van der Waals surface area contributed by atoms with Gasteiger partial charge in [-0.15, -0.1) is 11.3 Å². The van der Waals surface area contributed by atoms with E-state index in [0.717, 1.165) is 0 Å². The molecule has 2 aromatic rings. The molecular weight excluding hydrogens is 288 g/mol. The Hall–Kier alpha value is -2.06. The van der Waals surface area contributed by atoms with Crippen molar-refractivity contribution in [3.05, 3.63) is 40.3 Å². The van der Waals surface area contributed by atoms with E-state index in [4.69, 9.17) is 5.73 Å². The molecule has 0 aliphatic rings. The zero-order chi connectivity index (χ0) is 14.5. The number of carbonyl (C=O) groups is 1. The Morgan fingerprint density at radius 3 is 2.95 bits per heavy atom. The second-order valence-corrected chi connectivity index (χ2v) is 4.63. The largest absolute Gasteiger partial charge is 0.435 e. The fourth-order valence-corrected chi connectivity index (χ4v) is 2.11. The summed E-state index contributed by atoms with van der Waals surface area (Å²) in [7, 11) is 0. The number of anilines is 1. The van der Waals surface area contributed by atoms with Crippen LogP contribution in [0.4, 0.5) is 14.5 Å². The second kappa shape index (κ2) is 6.40. The number of hydrogen-bond acceptors (Lipinski definition) is 5. The van der Waals surface area contributed by atoms with Gasteiger partial charge in [-0.05, 0) is 12.1 Å². The molecule has 0 radical (unpaired) electrons. The van der Waals surface area contributed by atoms with Gasteiger partial charge in [0.15, 0.2) is 0 Å². The average Bonchev–Trinajstić information content (AvgIpc) is 2.87. The van der Waals surface area contributed by atoms with E-state index in [-0.39, 0.29) is 18.0 Å². The van der Waals surface area contributed by atoms with Crippen LogP contribution in [0.3, 0.4) is 0 Å². The van der Waals surface area contributed by atoms with E-state index in [1.165, 1.54) is 29.5 Å². The third kappa shape index (κ3) is 3.72. The monoisotopic (exact) mass is 299 g/mol. The van der Waals surface area contributed by atoms with Gasteiger partial charge < -0.3 is 15.8 Å². The maximum atomic E-state index is 12.1. The molecule has 0 saturated heterocycles. The number of nitrogens with zero attached hydrogens (tertiary/aromatic N) is 1. The molecule has 0 atom stereocenters. The number of aromatic nitrogens is 1. The lowest BCUT2D eigenvalue weighted by molar-refractivity contribution is -0.0497. The van der Waals surface area contributed by atoms with Gasteiger partial charge in [0.1, 0.15) is 16.5 Å². The molecule has 0 aliphatic heterocycles. The van der Waals surface area contributed by atoms with Crippen molar-refractivity contribution in [3.63, 3.8) is 0 Å². The quantitative estimate of drug-likeness (QED) is 0.889. The second-order valence-electron chi connectivity index (χ2n) is 3.69. The van der Waals surface area contributed by atoms with Crippen LogP contribution in [0.2, 0.25) is 0 Å². The van der Waals surface area contributed by atoms with Gasteiger partial charge in [-0.2, -0.15) is 8.78 Å². The fraction of sp³-hybridized carbons (Fsp3) is 0.167. The van der Waals surface area contributed by atoms with Crippen molar-refractivity contribution in [2.75, 3.05) is 5.32 Å². The molecule has 1 amide bonds. The van der Waals surface area contributed by atoms with Crippen molar-refractivity contribution in [1.82, 2.24) is 4.98 Å². The summed E-state index contributed by atoms with van der Waals surface area (Å²) in [6.45, 7) is -2.65. The van der Waals surface area contributed by atoms with E-state index in [2.05, 4.69) is 15.0 Å². The van der Waals surface area contributed by atoms with Crippen LogP contribution in [0, 0.1) is 0 Å². The number of nitrogens with two attached hydrogens (primary N) is 1. The number of halogens is 2. The summed E-state index contributed by atoms with van der Waals surface area (Å²) in [5.74, 6) is -0.464. The highest BCUT2D eigenvalue weighted by Crippen LogP contribution is 2.20. The smallest absolute Gasteiger partial charge is 0.387 e. The molecule has 2 rings (SSSR count). The van der Waals surface area contributed by atoms with E-state index >= 15 is 0 Å². The molecule has 8 heteroatoms. The molecule has 106 valence electrons. The molecule has 1 aromatic heterocycles. The van der Waals surface area contributed by atoms with Crippen molar-refractivity contribution in [3.8, 4) is 5.75 Å². The maximum Gasteiger partial charge on any atom is 0.387 e. The zero-order valence-electron chi connectivity index (χ0n) is 10.2. The third-order valence-corrected chi connectivity index (χ3v) is 3.15. The molecule has 1 heterocycles. The minimum atomic E-state index is -2.91. The standard InChI is InChI=1S/C12H11F2N3O2S/c13-12(14)19-8-3-1-2-7(4-8)16-11(18)9-6-20-10(5-15)17-9/h1-4,6,12H,5,15H2,(H,16,18). The normalized spacial score (nSPS) is 10.6. The number of alkyl halides is 2. The number of nitrogens with one attached hydrogen (secondary N) is 1. The summed E-state index contributed by atoms with van der Waals surface area (Å²) in [5, 5.41) is 4.77. The van der Waals surface area contributed by atoms with E-state index in [9.17, 15) is 13.6 Å². The van der Waals surface area contributed by atoms with Crippen LogP contribution < -0.4 is 15.8 Å². The molecular formula is C12H11F2N3O2S. The molecule has 0 fully saturated rings. The van der Waals surface area contributed by atoms with Gasteiger partial charge in [0, 0.05) is 23.7 Å². The van der Waals surface area contributed by atoms with Gasteiger partial charge in [-0.1, -0.05) is 6.07 Å². The minimum Gasteiger partial charge on any atom is -0.435 e. The first-order valence-electron chi connectivity index (χ1n) is 5.59. The van der Waals surface area contributed by atoms with Crippen LogP contribution in [0.1, 0.15) is 15.5 Å². The minimum absolute atomic E-state index is 0.0290. The lowest BCUT2D eigenvalue weighted by Gasteiger charge is -2.07. The lowest BCUT2D eigenvalue weighted by Crippen LogP contribution is -2.13. The Balaban J connectivity index is 2.07. The summed E-state index contributed by atoms with van der Waals surface area (Å²) in [6, 6.07) is 5.74. The summed E-state index contributed by atoms with van der Waals surface area (Å²) >= 11 is 1.28. The number of ether oxygens (including phenoxy) is 1. The third-order valence-electron chi connectivity index (χ3n) is 2.28. The van der Waals surface area contributed by atoms with Crippen molar-refractivity contribution < 1.29 is 18.3 Å². The Labute approximate surface area is 117 Å². The van der Waals surface area contributed by atoms with Crippen LogP contribution in [0.15, 0.2) is 29.6 Å². The topological polar surface area (TPSA) is 77.2 Å². The van der Waals surface area contributed by atoms with Gasteiger partial charge in [0.05, 0.1) is 0 Å². The lowest BCUT2D eigenvalue weighted by atomic mass is 10.3. The molecule has 5 nitrogen and oxygen atoms in total. The molecule has 1 aromatic carbocycles. The first-order chi connectivity index (χ1) is 9.58. The summed E-state index contributed by atoms with van der Waals surface area (Å²) in [5.41, 5.74) is 5.99. The molecule has 0 unspecified atom stereocenters. The van der Waals surface area contributed by atoms with E-state index in [1.807, 2.05) is 0 Å². The van der Waals surface area contributed by atoms with Crippen LogP contribution >= 0.6 is 11.3 Å². The molecule has 3 N–H and O–H groups in total. The SMILES string of the molecule is NCc1nc(C(=O)Nc2cccc(OC(F)F)c2)cs1. The predicted molar refractivity (Wildman–Crippen MR) is 71.0 cm³/mol. The predicted octanol–water partition coefficient (Wildman–Crippen LogP) is 2.46. The Kier molecular flexibility index (Phi) is 4.59.